The second kappa shape index (κ2) is 3.25. The van der Waals surface area contributed by atoms with Gasteiger partial charge in [-0.2, -0.15) is 0 Å². The van der Waals surface area contributed by atoms with E-state index in [4.69, 9.17) is 5.73 Å². The number of hydrogen-bond acceptors (Lipinski definition) is 3. The van der Waals surface area contributed by atoms with Crippen LogP contribution in [0.1, 0.15) is 30.7 Å². The molecule has 0 atom stereocenters. The number of aryl methyl sites for hydroxylation is 1. The Labute approximate surface area is 94.4 Å². The van der Waals surface area contributed by atoms with Crippen molar-refractivity contribution in [1.29, 1.82) is 0 Å². The van der Waals surface area contributed by atoms with Gasteiger partial charge in [-0.3, -0.25) is 0 Å². The van der Waals surface area contributed by atoms with Crippen molar-refractivity contribution in [1.82, 2.24) is 9.55 Å². The molecule has 15 heavy (non-hydrogen) atoms. The summed E-state index contributed by atoms with van der Waals surface area (Å²) in [7, 11) is 0. The number of imidazole rings is 1. The standard InChI is InChI=1S/C11H17N3S/c1-8-9(2-3-11(12)4-5-11)14-6-7-15-10(14)13-8/h2-7,12H2,1H3. The van der Waals surface area contributed by atoms with Crippen LogP contribution in [0.5, 0.6) is 0 Å². The number of aromatic nitrogens is 2. The Balaban J connectivity index is 1.78. The first-order valence-electron chi connectivity index (χ1n) is 5.66. The minimum absolute atomic E-state index is 0.170. The van der Waals surface area contributed by atoms with Crippen LogP contribution >= 0.6 is 11.8 Å². The number of nitrogens with zero attached hydrogens (tertiary/aromatic N) is 2. The van der Waals surface area contributed by atoms with Crippen LogP contribution in [0.3, 0.4) is 0 Å². The molecule has 3 nitrogen and oxygen atoms in total. The van der Waals surface area contributed by atoms with Gasteiger partial charge in [-0.25, -0.2) is 4.98 Å². The zero-order valence-corrected chi connectivity index (χ0v) is 9.94. The van der Waals surface area contributed by atoms with Gasteiger partial charge < -0.3 is 10.3 Å². The Morgan fingerprint density at radius 2 is 2.33 bits per heavy atom. The lowest BCUT2D eigenvalue weighted by molar-refractivity contribution is 0.577. The van der Waals surface area contributed by atoms with Gasteiger partial charge in [0, 0.05) is 23.5 Å². The molecule has 4 heteroatoms. The normalized spacial score (nSPS) is 21.7. The molecule has 2 N–H and O–H groups in total. The predicted octanol–water partition coefficient (Wildman–Crippen LogP) is 1.72. The van der Waals surface area contributed by atoms with E-state index in [1.807, 2.05) is 11.8 Å². The number of hydrogen-bond donors (Lipinski definition) is 1. The summed E-state index contributed by atoms with van der Waals surface area (Å²) in [4.78, 5) is 4.60. The zero-order chi connectivity index (χ0) is 10.5. The van der Waals surface area contributed by atoms with E-state index < -0.39 is 0 Å². The van der Waals surface area contributed by atoms with Crippen molar-refractivity contribution >= 4 is 11.8 Å². The van der Waals surface area contributed by atoms with E-state index in [2.05, 4.69) is 16.5 Å². The highest BCUT2D eigenvalue weighted by molar-refractivity contribution is 7.99. The maximum absolute atomic E-state index is 6.12. The Morgan fingerprint density at radius 3 is 3.07 bits per heavy atom. The van der Waals surface area contributed by atoms with E-state index in [0.717, 1.165) is 19.4 Å². The van der Waals surface area contributed by atoms with Crippen LogP contribution in [0.4, 0.5) is 0 Å². The van der Waals surface area contributed by atoms with Crippen molar-refractivity contribution in [3.8, 4) is 0 Å². The molecule has 0 radical (unpaired) electrons. The molecule has 1 aliphatic heterocycles. The fraction of sp³-hybridized carbons (Fsp3) is 0.727. The highest BCUT2D eigenvalue weighted by atomic mass is 32.2. The van der Waals surface area contributed by atoms with Crippen LogP contribution in [0.15, 0.2) is 5.16 Å². The zero-order valence-electron chi connectivity index (χ0n) is 9.12. The van der Waals surface area contributed by atoms with Crippen molar-refractivity contribution < 1.29 is 0 Å². The van der Waals surface area contributed by atoms with E-state index in [0.29, 0.717) is 0 Å². The van der Waals surface area contributed by atoms with Crippen molar-refractivity contribution in [3.05, 3.63) is 11.4 Å². The van der Waals surface area contributed by atoms with Crippen molar-refractivity contribution in [2.24, 2.45) is 5.73 Å². The van der Waals surface area contributed by atoms with Gasteiger partial charge >= 0.3 is 0 Å². The molecule has 1 aliphatic carbocycles. The summed E-state index contributed by atoms with van der Waals surface area (Å²) in [5, 5.41) is 1.21. The molecule has 2 heterocycles. The number of fused-ring (bicyclic) bond motifs is 1. The second-order valence-corrected chi connectivity index (χ2v) is 5.85. The molecule has 0 unspecified atom stereocenters. The van der Waals surface area contributed by atoms with Crippen LogP contribution in [-0.4, -0.2) is 20.8 Å². The summed E-state index contributed by atoms with van der Waals surface area (Å²) in [5.41, 5.74) is 8.93. The average molecular weight is 223 g/mol. The van der Waals surface area contributed by atoms with E-state index in [-0.39, 0.29) is 5.54 Å². The Morgan fingerprint density at radius 1 is 1.53 bits per heavy atom. The molecule has 0 bridgehead atoms. The lowest BCUT2D eigenvalue weighted by atomic mass is 10.1. The van der Waals surface area contributed by atoms with Crippen LogP contribution < -0.4 is 5.73 Å². The van der Waals surface area contributed by atoms with Gasteiger partial charge in [0.05, 0.1) is 5.69 Å². The molecule has 0 saturated heterocycles. The summed E-state index contributed by atoms with van der Waals surface area (Å²) in [6, 6.07) is 0. The van der Waals surface area contributed by atoms with Gasteiger partial charge in [0.1, 0.15) is 0 Å². The molecule has 1 aromatic heterocycles. The number of rotatable bonds is 3. The first kappa shape index (κ1) is 9.73. The molecule has 0 aromatic carbocycles. The average Bonchev–Trinajstić information content (AvgIpc) is 2.65. The first-order chi connectivity index (χ1) is 7.18. The maximum Gasteiger partial charge on any atom is 0.168 e. The topological polar surface area (TPSA) is 43.8 Å². The van der Waals surface area contributed by atoms with E-state index >= 15 is 0 Å². The van der Waals surface area contributed by atoms with Crippen LogP contribution in [-0.2, 0) is 13.0 Å². The van der Waals surface area contributed by atoms with Gasteiger partial charge in [-0.05, 0) is 32.6 Å². The first-order valence-corrected chi connectivity index (χ1v) is 6.64. The van der Waals surface area contributed by atoms with E-state index in [1.54, 1.807) is 0 Å². The summed E-state index contributed by atoms with van der Waals surface area (Å²) < 4.78 is 2.38. The number of nitrogens with two attached hydrogens (primary N) is 1. The molecule has 0 spiro atoms. The molecule has 2 aliphatic rings. The largest absolute Gasteiger partial charge is 0.325 e. The minimum atomic E-state index is 0.170. The molecule has 1 aromatic rings. The quantitative estimate of drug-likeness (QED) is 0.848. The Kier molecular flexibility index (Phi) is 2.11. The van der Waals surface area contributed by atoms with Crippen LogP contribution in [0.25, 0.3) is 0 Å². The van der Waals surface area contributed by atoms with Gasteiger partial charge in [0.25, 0.3) is 0 Å². The lowest BCUT2D eigenvalue weighted by Crippen LogP contribution is -2.22. The van der Waals surface area contributed by atoms with Crippen molar-refractivity contribution in [3.63, 3.8) is 0 Å². The second-order valence-electron chi connectivity index (χ2n) is 4.79. The fourth-order valence-electron chi connectivity index (χ4n) is 2.24. The summed E-state index contributed by atoms with van der Waals surface area (Å²) in [6.07, 6.45) is 4.66. The van der Waals surface area contributed by atoms with Gasteiger partial charge in [0.2, 0.25) is 0 Å². The Bertz CT molecular complexity index is 393. The Hall–Kier alpha value is -0.480. The minimum Gasteiger partial charge on any atom is -0.325 e. The fourth-order valence-corrected chi connectivity index (χ4v) is 3.26. The molecular weight excluding hydrogens is 206 g/mol. The molecule has 1 saturated carbocycles. The lowest BCUT2D eigenvalue weighted by Gasteiger charge is -2.10. The summed E-state index contributed by atoms with van der Waals surface area (Å²) in [5.74, 6) is 1.18. The van der Waals surface area contributed by atoms with Gasteiger partial charge in [0.15, 0.2) is 5.16 Å². The highest BCUT2D eigenvalue weighted by Gasteiger charge is 2.37. The van der Waals surface area contributed by atoms with Gasteiger partial charge in [-0.15, -0.1) is 0 Å². The number of thioether (sulfide) groups is 1. The molecular formula is C11H17N3S. The maximum atomic E-state index is 6.12. The molecule has 82 valence electrons. The smallest absolute Gasteiger partial charge is 0.168 e. The van der Waals surface area contributed by atoms with E-state index in [9.17, 15) is 0 Å². The summed E-state index contributed by atoms with van der Waals surface area (Å²) >= 11 is 1.87. The highest BCUT2D eigenvalue weighted by Crippen LogP contribution is 2.37. The van der Waals surface area contributed by atoms with Crippen molar-refractivity contribution in [2.45, 2.75) is 49.8 Å². The summed E-state index contributed by atoms with van der Waals surface area (Å²) in [6.45, 7) is 3.26. The van der Waals surface area contributed by atoms with Crippen molar-refractivity contribution in [2.75, 3.05) is 5.75 Å². The monoisotopic (exact) mass is 223 g/mol. The predicted molar refractivity (Wildman–Crippen MR) is 62.2 cm³/mol. The molecule has 1 fully saturated rings. The van der Waals surface area contributed by atoms with Gasteiger partial charge in [-0.1, -0.05) is 11.8 Å². The van der Waals surface area contributed by atoms with Crippen LogP contribution in [0.2, 0.25) is 0 Å². The third-order valence-corrected chi connectivity index (χ3v) is 4.49. The van der Waals surface area contributed by atoms with Crippen LogP contribution in [0, 0.1) is 6.92 Å². The molecule has 3 rings (SSSR count). The molecule has 0 amide bonds. The SMILES string of the molecule is Cc1nc2n(c1CCC1(N)CC1)CCS2. The third-order valence-electron chi connectivity index (χ3n) is 3.54. The third kappa shape index (κ3) is 1.70. The van der Waals surface area contributed by atoms with E-state index in [1.165, 1.54) is 35.1 Å².